The Kier molecular flexibility index (Phi) is 4.40. The number of fused-ring (bicyclic) bond motifs is 1. The van der Waals surface area contributed by atoms with Crippen molar-refractivity contribution in [1.82, 2.24) is 24.7 Å². The van der Waals surface area contributed by atoms with Crippen molar-refractivity contribution in [1.29, 1.82) is 0 Å². The van der Waals surface area contributed by atoms with Crippen molar-refractivity contribution in [3.8, 4) is 0 Å². The Morgan fingerprint density at radius 3 is 2.40 bits per heavy atom. The van der Waals surface area contributed by atoms with Gasteiger partial charge in [-0.3, -0.25) is 9.69 Å². The number of hydrogen-bond acceptors (Lipinski definition) is 5. The van der Waals surface area contributed by atoms with Gasteiger partial charge in [0, 0.05) is 57.6 Å². The molecule has 0 radical (unpaired) electrons. The predicted octanol–water partition coefficient (Wildman–Crippen LogP) is 0.593. The number of aliphatic carboxylic acids is 1. The van der Waals surface area contributed by atoms with Crippen molar-refractivity contribution < 1.29 is 14.7 Å². The lowest BCUT2D eigenvalue weighted by atomic mass is 9.81. The summed E-state index contributed by atoms with van der Waals surface area (Å²) in [7, 11) is 3.38. The Morgan fingerprint density at radius 2 is 1.88 bits per heavy atom. The molecule has 8 heteroatoms. The summed E-state index contributed by atoms with van der Waals surface area (Å²) in [6, 6.07) is 1.80. The van der Waals surface area contributed by atoms with Gasteiger partial charge in [-0.25, -0.2) is 14.8 Å². The monoisotopic (exact) mass is 347 g/mol. The van der Waals surface area contributed by atoms with Crippen LogP contribution in [0.25, 0.3) is 0 Å². The van der Waals surface area contributed by atoms with Crippen molar-refractivity contribution in [3.63, 3.8) is 0 Å². The highest BCUT2D eigenvalue weighted by Crippen LogP contribution is 2.43. The maximum atomic E-state index is 12.2. The van der Waals surface area contributed by atoms with Gasteiger partial charge in [-0.15, -0.1) is 0 Å². The van der Waals surface area contributed by atoms with Gasteiger partial charge >= 0.3 is 12.0 Å². The number of aromatic nitrogens is 2. The second kappa shape index (κ2) is 6.25. The molecule has 2 fully saturated rings. The van der Waals surface area contributed by atoms with E-state index in [0.717, 1.165) is 17.2 Å². The minimum atomic E-state index is -0.898. The number of nitrogens with zero attached hydrogens (tertiary/aromatic N) is 5. The third-order valence-electron chi connectivity index (χ3n) is 5.15. The number of hydrogen-bond donors (Lipinski definition) is 1. The molecule has 0 bridgehead atoms. The van der Waals surface area contributed by atoms with Crippen LogP contribution in [-0.4, -0.2) is 82.0 Å². The maximum absolute atomic E-state index is 12.2. The minimum Gasteiger partial charge on any atom is -0.481 e. The lowest BCUT2D eigenvalue weighted by Crippen LogP contribution is -2.44. The van der Waals surface area contributed by atoms with E-state index in [4.69, 9.17) is 0 Å². The second-order valence-electron chi connectivity index (χ2n) is 7.45. The zero-order chi connectivity index (χ0) is 18.4. The first kappa shape index (κ1) is 17.6. The van der Waals surface area contributed by atoms with E-state index in [1.807, 2.05) is 19.9 Å². The third kappa shape index (κ3) is 3.18. The smallest absolute Gasteiger partial charge is 0.319 e. The number of urea groups is 1. The van der Waals surface area contributed by atoms with Gasteiger partial charge in [0.1, 0.15) is 11.2 Å². The number of likely N-dealkylation sites (tertiary alicyclic amines) is 2. The molecule has 0 spiro atoms. The molecule has 2 saturated heterocycles. The van der Waals surface area contributed by atoms with E-state index >= 15 is 0 Å². The van der Waals surface area contributed by atoms with Gasteiger partial charge in [-0.2, -0.15) is 0 Å². The van der Waals surface area contributed by atoms with Crippen LogP contribution in [0.3, 0.4) is 0 Å². The van der Waals surface area contributed by atoms with Gasteiger partial charge in [0.05, 0.1) is 6.54 Å². The van der Waals surface area contributed by atoms with Crippen LogP contribution in [0.2, 0.25) is 0 Å². The predicted molar refractivity (Wildman–Crippen MR) is 91.0 cm³/mol. The molecule has 8 nitrogen and oxygen atoms in total. The van der Waals surface area contributed by atoms with Gasteiger partial charge < -0.3 is 14.9 Å². The Hall–Kier alpha value is -2.22. The fraction of sp³-hybridized carbons (Fsp3) is 0.647. The van der Waals surface area contributed by atoms with Gasteiger partial charge in [0.2, 0.25) is 0 Å². The molecule has 0 aliphatic carbocycles. The number of carbonyl (C=O) groups is 2. The first-order chi connectivity index (χ1) is 11.7. The number of carboxylic acids is 1. The Morgan fingerprint density at radius 1 is 1.24 bits per heavy atom. The van der Waals surface area contributed by atoms with E-state index in [1.165, 1.54) is 4.90 Å². The van der Waals surface area contributed by atoms with E-state index in [1.54, 1.807) is 19.0 Å². The molecule has 0 saturated carbocycles. The molecule has 2 amide bonds. The summed E-state index contributed by atoms with van der Waals surface area (Å²) in [6.45, 7) is 6.19. The second-order valence-corrected chi connectivity index (χ2v) is 7.45. The lowest BCUT2D eigenvalue weighted by molar-refractivity contribution is -0.148. The van der Waals surface area contributed by atoms with Gasteiger partial charge in [-0.05, 0) is 19.9 Å². The largest absolute Gasteiger partial charge is 0.481 e. The van der Waals surface area contributed by atoms with Crippen LogP contribution in [0.1, 0.15) is 17.2 Å². The van der Waals surface area contributed by atoms with Crippen molar-refractivity contribution in [2.24, 2.45) is 11.3 Å². The number of carboxylic acid groups (broad SMARTS) is 1. The molecule has 1 aromatic heterocycles. The molecule has 3 rings (SSSR count). The SMILES string of the molecule is Cc1cc(C)nc(CN2C[C@@H]3CN(C(=O)N(C)C)C[C@]3(C(=O)O)C2)n1. The van der Waals surface area contributed by atoms with Crippen molar-refractivity contribution >= 4 is 12.0 Å². The van der Waals surface area contributed by atoms with E-state index in [-0.39, 0.29) is 18.5 Å². The van der Waals surface area contributed by atoms with Crippen molar-refractivity contribution in [2.45, 2.75) is 20.4 Å². The first-order valence-corrected chi connectivity index (χ1v) is 8.44. The molecule has 25 heavy (non-hydrogen) atoms. The topological polar surface area (TPSA) is 89.9 Å². The number of rotatable bonds is 3. The third-order valence-corrected chi connectivity index (χ3v) is 5.15. The van der Waals surface area contributed by atoms with Crippen LogP contribution < -0.4 is 0 Å². The summed E-state index contributed by atoms with van der Waals surface area (Å²) in [4.78, 5) is 38.4. The van der Waals surface area contributed by atoms with Crippen LogP contribution >= 0.6 is 0 Å². The van der Waals surface area contributed by atoms with Crippen LogP contribution in [0.5, 0.6) is 0 Å². The molecule has 2 aliphatic heterocycles. The number of amides is 2. The fourth-order valence-corrected chi connectivity index (χ4v) is 4.09. The molecular weight excluding hydrogens is 322 g/mol. The normalized spacial score (nSPS) is 25.9. The zero-order valence-corrected chi connectivity index (χ0v) is 15.2. The number of aryl methyl sites for hydroxylation is 2. The van der Waals surface area contributed by atoms with Gasteiger partial charge in [-0.1, -0.05) is 0 Å². The molecule has 0 unspecified atom stereocenters. The highest BCUT2D eigenvalue weighted by Gasteiger charge is 2.58. The van der Waals surface area contributed by atoms with Crippen molar-refractivity contribution in [2.75, 3.05) is 40.3 Å². The average molecular weight is 347 g/mol. The molecule has 2 atom stereocenters. The standard InChI is InChI=1S/C17H25N5O3/c1-11-5-12(2)19-14(18-11)8-21-6-13-7-22(16(25)20(3)4)10-17(13,9-21)15(23)24/h5,13H,6-10H2,1-4H3,(H,23,24)/t13-,17-/m1/s1. The zero-order valence-electron chi connectivity index (χ0n) is 15.2. The molecular formula is C17H25N5O3. The van der Waals surface area contributed by atoms with Crippen LogP contribution in [0.15, 0.2) is 6.07 Å². The Bertz CT molecular complexity index is 687. The van der Waals surface area contributed by atoms with E-state index in [0.29, 0.717) is 26.2 Å². The Labute approximate surface area is 147 Å². The summed E-state index contributed by atoms with van der Waals surface area (Å²) in [5, 5.41) is 9.87. The van der Waals surface area contributed by atoms with Crippen LogP contribution in [0, 0.1) is 25.2 Å². The molecule has 1 aromatic rings. The minimum absolute atomic E-state index is 0.0696. The highest BCUT2D eigenvalue weighted by atomic mass is 16.4. The summed E-state index contributed by atoms with van der Waals surface area (Å²) in [5.41, 5.74) is 0.931. The maximum Gasteiger partial charge on any atom is 0.319 e. The molecule has 3 heterocycles. The first-order valence-electron chi connectivity index (χ1n) is 8.44. The van der Waals surface area contributed by atoms with E-state index in [9.17, 15) is 14.7 Å². The molecule has 1 N–H and O–H groups in total. The number of carbonyl (C=O) groups excluding carboxylic acids is 1. The lowest BCUT2D eigenvalue weighted by Gasteiger charge is -2.26. The molecule has 136 valence electrons. The quantitative estimate of drug-likeness (QED) is 0.861. The van der Waals surface area contributed by atoms with E-state index in [2.05, 4.69) is 14.9 Å². The summed E-state index contributed by atoms with van der Waals surface area (Å²) in [5.74, 6) is -0.172. The summed E-state index contributed by atoms with van der Waals surface area (Å²) in [6.07, 6.45) is 0. The summed E-state index contributed by atoms with van der Waals surface area (Å²) < 4.78 is 0. The van der Waals surface area contributed by atoms with Crippen LogP contribution in [-0.2, 0) is 11.3 Å². The summed E-state index contributed by atoms with van der Waals surface area (Å²) >= 11 is 0. The molecule has 2 aliphatic rings. The molecule has 0 aromatic carbocycles. The van der Waals surface area contributed by atoms with Crippen molar-refractivity contribution in [3.05, 3.63) is 23.3 Å². The van der Waals surface area contributed by atoms with E-state index < -0.39 is 11.4 Å². The average Bonchev–Trinajstić information content (AvgIpc) is 2.99. The van der Waals surface area contributed by atoms with Gasteiger partial charge in [0.15, 0.2) is 0 Å². The van der Waals surface area contributed by atoms with Crippen LogP contribution in [0.4, 0.5) is 4.79 Å². The Balaban J connectivity index is 1.75. The highest BCUT2D eigenvalue weighted by molar-refractivity contribution is 5.80. The fourth-order valence-electron chi connectivity index (χ4n) is 4.09. The van der Waals surface area contributed by atoms with Gasteiger partial charge in [0.25, 0.3) is 0 Å².